The number of benzene rings is 3. The lowest BCUT2D eigenvalue weighted by molar-refractivity contribution is -0.139. The van der Waals surface area contributed by atoms with Gasteiger partial charge < -0.3 is 10.2 Å². The average molecular weight is 546 g/mol. The second-order valence-electron chi connectivity index (χ2n) is 7.59. The molecule has 0 spiro atoms. The van der Waals surface area contributed by atoms with Crippen molar-refractivity contribution >= 4 is 51.1 Å². The topological polar surface area (TPSA) is 49.4 Å². The summed E-state index contributed by atoms with van der Waals surface area (Å²) in [6.45, 7) is 0.348. The molecule has 3 rings (SSSR count). The van der Waals surface area contributed by atoms with E-state index in [1.807, 2.05) is 78.9 Å². The van der Waals surface area contributed by atoms with Gasteiger partial charge in [0.25, 0.3) is 0 Å². The molecule has 3 aromatic rings. The Morgan fingerprint density at radius 3 is 2.36 bits per heavy atom. The highest BCUT2D eigenvalue weighted by Crippen LogP contribution is 2.21. The largest absolute Gasteiger partial charge is 0.357 e. The molecule has 172 valence electrons. The number of hydrogen-bond acceptors (Lipinski definition) is 3. The van der Waals surface area contributed by atoms with E-state index in [1.165, 1.54) is 11.8 Å². The second kappa shape index (κ2) is 12.8. The zero-order valence-corrected chi connectivity index (χ0v) is 21.5. The summed E-state index contributed by atoms with van der Waals surface area (Å²) in [4.78, 5) is 28.0. The Kier molecular flexibility index (Phi) is 9.85. The minimum atomic E-state index is -0.615. The number of halogens is 2. The predicted molar refractivity (Wildman–Crippen MR) is 140 cm³/mol. The fourth-order valence-corrected chi connectivity index (χ4v) is 5.04. The Hall–Kier alpha value is -2.28. The van der Waals surface area contributed by atoms with Crippen LogP contribution in [-0.4, -0.2) is 35.6 Å². The Bertz CT molecular complexity index is 1080. The zero-order valence-electron chi connectivity index (χ0n) is 18.3. The molecule has 7 heteroatoms. The molecule has 0 fully saturated rings. The van der Waals surface area contributed by atoms with Crippen LogP contribution in [0.15, 0.2) is 83.3 Å². The van der Waals surface area contributed by atoms with Gasteiger partial charge in [0.1, 0.15) is 6.04 Å². The van der Waals surface area contributed by atoms with Crippen molar-refractivity contribution in [3.05, 3.63) is 105 Å². The summed E-state index contributed by atoms with van der Waals surface area (Å²) in [7, 11) is 1.61. The highest BCUT2D eigenvalue weighted by molar-refractivity contribution is 9.10. The fraction of sp³-hybridized carbons (Fsp3) is 0.231. The summed E-state index contributed by atoms with van der Waals surface area (Å²) >= 11 is 11.1. The van der Waals surface area contributed by atoms with Gasteiger partial charge in [0.2, 0.25) is 11.8 Å². The van der Waals surface area contributed by atoms with E-state index in [-0.39, 0.29) is 17.6 Å². The summed E-state index contributed by atoms with van der Waals surface area (Å²) in [5.74, 6) is 0.678. The van der Waals surface area contributed by atoms with Crippen LogP contribution in [0.2, 0.25) is 5.02 Å². The molecule has 3 aromatic carbocycles. The van der Waals surface area contributed by atoms with E-state index in [1.54, 1.807) is 11.9 Å². The summed E-state index contributed by atoms with van der Waals surface area (Å²) in [5, 5.41) is 3.42. The van der Waals surface area contributed by atoms with Crippen molar-refractivity contribution in [2.24, 2.45) is 0 Å². The quantitative estimate of drug-likeness (QED) is 0.354. The van der Waals surface area contributed by atoms with Gasteiger partial charge in [0, 0.05) is 35.3 Å². The van der Waals surface area contributed by atoms with Crippen LogP contribution in [0.4, 0.5) is 0 Å². The zero-order chi connectivity index (χ0) is 23.6. The molecule has 1 atom stereocenters. The van der Waals surface area contributed by atoms with Gasteiger partial charge in [0.05, 0.1) is 5.75 Å². The van der Waals surface area contributed by atoms with Crippen molar-refractivity contribution < 1.29 is 9.59 Å². The van der Waals surface area contributed by atoms with Gasteiger partial charge in [0.15, 0.2) is 0 Å². The van der Waals surface area contributed by atoms with E-state index < -0.39 is 6.04 Å². The molecule has 33 heavy (non-hydrogen) atoms. The minimum Gasteiger partial charge on any atom is -0.357 e. The SMILES string of the molecule is CNC(=O)C(Cc1ccccc1)N(Cc1cccc(Br)c1)C(=O)CSCc1cccc(Cl)c1. The van der Waals surface area contributed by atoms with Crippen LogP contribution in [-0.2, 0) is 28.3 Å². The number of rotatable bonds is 10. The van der Waals surface area contributed by atoms with Crippen LogP contribution in [0.25, 0.3) is 0 Å². The third-order valence-corrected chi connectivity index (χ3v) is 6.86. The van der Waals surface area contributed by atoms with Gasteiger partial charge >= 0.3 is 0 Å². The molecule has 0 saturated heterocycles. The van der Waals surface area contributed by atoms with Gasteiger partial charge in [-0.15, -0.1) is 11.8 Å². The molecule has 0 aliphatic heterocycles. The van der Waals surface area contributed by atoms with Crippen molar-refractivity contribution in [1.29, 1.82) is 0 Å². The van der Waals surface area contributed by atoms with Crippen LogP contribution >= 0.6 is 39.3 Å². The molecule has 0 radical (unpaired) electrons. The van der Waals surface area contributed by atoms with Crippen molar-refractivity contribution in [2.75, 3.05) is 12.8 Å². The Labute approximate surface area is 212 Å². The first kappa shape index (κ1) is 25.3. The number of nitrogens with zero attached hydrogens (tertiary/aromatic N) is 1. The van der Waals surface area contributed by atoms with Crippen LogP contribution in [0.1, 0.15) is 16.7 Å². The smallest absolute Gasteiger partial charge is 0.242 e. The third kappa shape index (κ3) is 7.91. The van der Waals surface area contributed by atoms with E-state index in [9.17, 15) is 9.59 Å². The molecule has 0 heterocycles. The van der Waals surface area contributed by atoms with Crippen LogP contribution < -0.4 is 5.32 Å². The van der Waals surface area contributed by atoms with E-state index in [2.05, 4.69) is 21.2 Å². The number of nitrogens with one attached hydrogen (secondary N) is 1. The molecular weight excluding hydrogens is 520 g/mol. The number of hydrogen-bond donors (Lipinski definition) is 1. The Morgan fingerprint density at radius 2 is 1.67 bits per heavy atom. The van der Waals surface area contributed by atoms with Crippen molar-refractivity contribution in [3.8, 4) is 0 Å². The lowest BCUT2D eigenvalue weighted by atomic mass is 10.0. The molecule has 2 amide bonds. The summed E-state index contributed by atoms with van der Waals surface area (Å²) in [6, 6.07) is 24.6. The van der Waals surface area contributed by atoms with Crippen molar-refractivity contribution in [1.82, 2.24) is 10.2 Å². The van der Waals surface area contributed by atoms with Gasteiger partial charge in [-0.2, -0.15) is 0 Å². The number of carbonyl (C=O) groups excluding carboxylic acids is 2. The van der Waals surface area contributed by atoms with Crippen LogP contribution in [0.5, 0.6) is 0 Å². The monoisotopic (exact) mass is 544 g/mol. The van der Waals surface area contributed by atoms with Crippen molar-refractivity contribution in [2.45, 2.75) is 24.8 Å². The highest BCUT2D eigenvalue weighted by Gasteiger charge is 2.29. The van der Waals surface area contributed by atoms with E-state index in [0.717, 1.165) is 21.2 Å². The van der Waals surface area contributed by atoms with Crippen LogP contribution in [0.3, 0.4) is 0 Å². The number of amides is 2. The summed E-state index contributed by atoms with van der Waals surface area (Å²) in [5.41, 5.74) is 3.02. The molecule has 0 aliphatic carbocycles. The maximum Gasteiger partial charge on any atom is 0.242 e. The van der Waals surface area contributed by atoms with E-state index in [4.69, 9.17) is 11.6 Å². The van der Waals surface area contributed by atoms with Gasteiger partial charge in [-0.25, -0.2) is 0 Å². The first-order valence-electron chi connectivity index (χ1n) is 10.6. The Morgan fingerprint density at radius 1 is 0.970 bits per heavy atom. The molecular formula is C26H26BrClN2O2S. The average Bonchev–Trinajstić information content (AvgIpc) is 2.81. The molecule has 0 aliphatic rings. The number of carbonyl (C=O) groups is 2. The molecule has 0 bridgehead atoms. The normalized spacial score (nSPS) is 11.6. The molecule has 1 N–H and O–H groups in total. The maximum atomic E-state index is 13.4. The lowest BCUT2D eigenvalue weighted by Gasteiger charge is -2.31. The number of likely N-dealkylation sites (N-methyl/N-ethyl adjacent to an activating group) is 1. The molecule has 1 unspecified atom stereocenters. The maximum absolute atomic E-state index is 13.4. The molecule has 0 saturated carbocycles. The van der Waals surface area contributed by atoms with Crippen molar-refractivity contribution in [3.63, 3.8) is 0 Å². The Balaban J connectivity index is 1.81. The first-order valence-corrected chi connectivity index (χ1v) is 12.9. The van der Waals surface area contributed by atoms with Gasteiger partial charge in [-0.05, 0) is 41.0 Å². The first-order chi connectivity index (χ1) is 16.0. The van der Waals surface area contributed by atoms with Gasteiger partial charge in [-0.3, -0.25) is 9.59 Å². The minimum absolute atomic E-state index is 0.0773. The second-order valence-corrected chi connectivity index (χ2v) is 9.93. The third-order valence-electron chi connectivity index (χ3n) is 5.14. The fourth-order valence-electron chi connectivity index (χ4n) is 3.52. The number of thioether (sulfide) groups is 1. The predicted octanol–water partition coefficient (Wildman–Crippen LogP) is 5.72. The highest BCUT2D eigenvalue weighted by atomic mass is 79.9. The molecule has 4 nitrogen and oxygen atoms in total. The van der Waals surface area contributed by atoms with E-state index >= 15 is 0 Å². The molecule has 0 aromatic heterocycles. The van der Waals surface area contributed by atoms with E-state index in [0.29, 0.717) is 23.7 Å². The summed E-state index contributed by atoms with van der Waals surface area (Å²) < 4.78 is 0.933. The van der Waals surface area contributed by atoms with Gasteiger partial charge in [-0.1, -0.05) is 82.1 Å². The summed E-state index contributed by atoms with van der Waals surface area (Å²) in [6.07, 6.45) is 0.444. The lowest BCUT2D eigenvalue weighted by Crippen LogP contribution is -2.50. The standard InChI is InChI=1S/C26H26BrClN2O2S/c1-29-26(32)24(15-19-7-3-2-4-8-19)30(16-20-9-5-11-22(27)13-20)25(31)18-33-17-21-10-6-12-23(28)14-21/h2-14,24H,15-18H2,1H3,(H,29,32). The van der Waals surface area contributed by atoms with Crippen LogP contribution in [0, 0.1) is 0 Å².